The van der Waals surface area contributed by atoms with E-state index >= 15 is 0 Å². The zero-order valence-corrected chi connectivity index (χ0v) is 19.9. The molecule has 9 nitrogen and oxygen atoms in total. The number of carbonyl (C=O) groups excluding carboxylic acids is 2. The smallest absolute Gasteiger partial charge is 0.338 e. The molecule has 1 aliphatic rings. The average Bonchev–Trinajstić information content (AvgIpc) is 2.83. The number of nitro benzene ring substituents is 1. The lowest BCUT2D eigenvalue weighted by Crippen LogP contribution is -2.46. The Balaban J connectivity index is 1.83. The summed E-state index contributed by atoms with van der Waals surface area (Å²) in [5.41, 5.74) is 1.87. The van der Waals surface area contributed by atoms with E-state index in [1.807, 2.05) is 6.07 Å². The second-order valence-electron chi connectivity index (χ2n) is 7.66. The Labute approximate surface area is 203 Å². The van der Waals surface area contributed by atoms with Gasteiger partial charge in [0, 0.05) is 38.3 Å². The number of nitrogens with zero attached hydrogens (tertiary/aromatic N) is 3. The molecule has 0 aromatic heterocycles. The lowest BCUT2D eigenvalue weighted by Gasteiger charge is -2.36. The molecule has 2 aromatic carbocycles. The van der Waals surface area contributed by atoms with Gasteiger partial charge in [0.15, 0.2) is 0 Å². The van der Waals surface area contributed by atoms with Crippen molar-refractivity contribution in [3.8, 4) is 0 Å². The van der Waals surface area contributed by atoms with Gasteiger partial charge in [-0.15, -0.1) is 0 Å². The number of hydrogen-bond acceptors (Lipinski definition) is 7. The minimum absolute atomic E-state index is 0.0233. The Kier molecular flexibility index (Phi) is 8.61. The molecule has 0 spiro atoms. The SMILES string of the molecule is CCOC(=O)c1ccc(N2CCN(CC)CC2)c(NC(=O)/C=C/c2ccc(Cl)c([N+](=O)[O-])c2)c1. The van der Waals surface area contributed by atoms with Crippen molar-refractivity contribution in [2.45, 2.75) is 13.8 Å². The molecule has 0 unspecified atom stereocenters. The van der Waals surface area contributed by atoms with E-state index in [4.69, 9.17) is 16.3 Å². The maximum absolute atomic E-state index is 12.7. The normalized spacial score (nSPS) is 14.3. The molecule has 1 N–H and O–H groups in total. The van der Waals surface area contributed by atoms with Crippen LogP contribution in [0.15, 0.2) is 42.5 Å². The van der Waals surface area contributed by atoms with Crippen LogP contribution in [-0.2, 0) is 9.53 Å². The lowest BCUT2D eigenvalue weighted by atomic mass is 10.1. The summed E-state index contributed by atoms with van der Waals surface area (Å²) < 4.78 is 5.10. The number of nitro groups is 1. The van der Waals surface area contributed by atoms with Crippen LogP contribution in [0.1, 0.15) is 29.8 Å². The molecule has 0 aliphatic carbocycles. The molecule has 1 heterocycles. The molecule has 1 amide bonds. The van der Waals surface area contributed by atoms with Crippen LogP contribution in [0.25, 0.3) is 6.08 Å². The highest BCUT2D eigenvalue weighted by Crippen LogP contribution is 2.29. The fraction of sp³-hybridized carbons (Fsp3) is 0.333. The molecule has 180 valence electrons. The van der Waals surface area contributed by atoms with E-state index in [2.05, 4.69) is 22.0 Å². The molecule has 34 heavy (non-hydrogen) atoms. The zero-order valence-electron chi connectivity index (χ0n) is 19.1. The van der Waals surface area contributed by atoms with Gasteiger partial charge < -0.3 is 19.9 Å². The molecule has 0 atom stereocenters. The molecular weight excluding hydrogens is 460 g/mol. The number of nitrogens with one attached hydrogen (secondary N) is 1. The third kappa shape index (κ3) is 6.33. The van der Waals surface area contributed by atoms with E-state index in [-0.39, 0.29) is 17.3 Å². The largest absolute Gasteiger partial charge is 0.462 e. The van der Waals surface area contributed by atoms with Crippen molar-refractivity contribution in [2.24, 2.45) is 0 Å². The molecule has 3 rings (SSSR count). The topological polar surface area (TPSA) is 105 Å². The van der Waals surface area contributed by atoms with Crippen molar-refractivity contribution in [3.63, 3.8) is 0 Å². The maximum Gasteiger partial charge on any atom is 0.338 e. The van der Waals surface area contributed by atoms with Crippen LogP contribution in [-0.4, -0.2) is 61.0 Å². The number of piperazine rings is 1. The van der Waals surface area contributed by atoms with Crippen LogP contribution >= 0.6 is 11.6 Å². The predicted molar refractivity (Wildman–Crippen MR) is 132 cm³/mol. The first-order valence-corrected chi connectivity index (χ1v) is 11.4. The van der Waals surface area contributed by atoms with E-state index in [0.29, 0.717) is 16.8 Å². The predicted octanol–water partition coefficient (Wildman–Crippen LogP) is 4.22. The molecule has 2 aromatic rings. The number of halogens is 1. The van der Waals surface area contributed by atoms with Crippen LogP contribution < -0.4 is 10.2 Å². The summed E-state index contributed by atoms with van der Waals surface area (Å²) in [6.07, 6.45) is 2.75. The Bertz CT molecular complexity index is 1100. The average molecular weight is 487 g/mol. The van der Waals surface area contributed by atoms with Crippen LogP contribution in [0.3, 0.4) is 0 Å². The van der Waals surface area contributed by atoms with E-state index in [0.717, 1.165) is 38.4 Å². The third-order valence-corrected chi connectivity index (χ3v) is 5.84. The minimum Gasteiger partial charge on any atom is -0.462 e. The van der Waals surface area contributed by atoms with E-state index in [1.165, 1.54) is 24.3 Å². The van der Waals surface area contributed by atoms with E-state index in [1.54, 1.807) is 25.1 Å². The highest BCUT2D eigenvalue weighted by Gasteiger charge is 2.20. The molecule has 1 fully saturated rings. The van der Waals surface area contributed by atoms with Gasteiger partial charge in [-0.1, -0.05) is 24.6 Å². The van der Waals surface area contributed by atoms with Crippen molar-refractivity contribution < 1.29 is 19.2 Å². The van der Waals surface area contributed by atoms with Gasteiger partial charge in [-0.3, -0.25) is 14.9 Å². The van der Waals surface area contributed by atoms with Gasteiger partial charge in [-0.05, 0) is 49.4 Å². The first-order valence-electron chi connectivity index (χ1n) is 11.0. The minimum atomic E-state index is -0.578. The molecule has 1 saturated heterocycles. The third-order valence-electron chi connectivity index (χ3n) is 5.52. The van der Waals surface area contributed by atoms with Gasteiger partial charge in [0.1, 0.15) is 5.02 Å². The Morgan fingerprint density at radius 2 is 1.88 bits per heavy atom. The van der Waals surface area contributed by atoms with Gasteiger partial charge in [-0.25, -0.2) is 4.79 Å². The molecule has 1 aliphatic heterocycles. The highest BCUT2D eigenvalue weighted by molar-refractivity contribution is 6.32. The van der Waals surface area contributed by atoms with Crippen LogP contribution in [0.4, 0.5) is 17.1 Å². The van der Waals surface area contributed by atoms with Gasteiger partial charge in [-0.2, -0.15) is 0 Å². The summed E-state index contributed by atoms with van der Waals surface area (Å²) in [5.74, 6) is -0.906. The number of ether oxygens (including phenoxy) is 1. The van der Waals surface area contributed by atoms with Crippen molar-refractivity contribution in [1.29, 1.82) is 0 Å². The summed E-state index contributed by atoms with van der Waals surface area (Å²) >= 11 is 5.84. The van der Waals surface area contributed by atoms with Crippen molar-refractivity contribution in [3.05, 3.63) is 68.7 Å². The van der Waals surface area contributed by atoms with Crippen molar-refractivity contribution >= 4 is 46.6 Å². The van der Waals surface area contributed by atoms with E-state index in [9.17, 15) is 19.7 Å². The highest BCUT2D eigenvalue weighted by atomic mass is 35.5. The Hall–Kier alpha value is -3.43. The molecule has 0 radical (unpaired) electrons. The molecule has 0 bridgehead atoms. The number of amides is 1. The second-order valence-corrected chi connectivity index (χ2v) is 8.07. The lowest BCUT2D eigenvalue weighted by molar-refractivity contribution is -0.384. The van der Waals surface area contributed by atoms with Crippen molar-refractivity contribution in [1.82, 2.24) is 4.90 Å². The molecule has 10 heteroatoms. The summed E-state index contributed by atoms with van der Waals surface area (Å²) in [4.78, 5) is 40.0. The number of likely N-dealkylation sites (N-methyl/N-ethyl adjacent to an activating group) is 1. The quantitative estimate of drug-likeness (QED) is 0.258. The zero-order chi connectivity index (χ0) is 24.7. The summed E-state index contributed by atoms with van der Waals surface area (Å²) in [6, 6.07) is 9.41. The number of anilines is 2. The number of esters is 1. The van der Waals surface area contributed by atoms with Crippen molar-refractivity contribution in [2.75, 3.05) is 49.5 Å². The Morgan fingerprint density at radius 3 is 2.53 bits per heavy atom. The first-order chi connectivity index (χ1) is 16.3. The summed E-state index contributed by atoms with van der Waals surface area (Å²) in [5, 5.41) is 14.0. The number of rotatable bonds is 8. The first kappa shape index (κ1) is 25.2. The van der Waals surface area contributed by atoms with Gasteiger partial charge >= 0.3 is 5.97 Å². The van der Waals surface area contributed by atoms with Gasteiger partial charge in [0.05, 0.1) is 28.5 Å². The monoisotopic (exact) mass is 486 g/mol. The van der Waals surface area contributed by atoms with Crippen LogP contribution in [0.5, 0.6) is 0 Å². The number of benzene rings is 2. The second kappa shape index (κ2) is 11.6. The van der Waals surface area contributed by atoms with Crippen LogP contribution in [0, 0.1) is 10.1 Å². The summed E-state index contributed by atoms with van der Waals surface area (Å²) in [6.45, 7) is 8.46. The molecule has 0 saturated carbocycles. The summed E-state index contributed by atoms with van der Waals surface area (Å²) in [7, 11) is 0. The fourth-order valence-electron chi connectivity index (χ4n) is 3.68. The fourth-order valence-corrected chi connectivity index (χ4v) is 3.86. The van der Waals surface area contributed by atoms with Crippen LogP contribution in [0.2, 0.25) is 5.02 Å². The van der Waals surface area contributed by atoms with E-state index < -0.39 is 16.8 Å². The van der Waals surface area contributed by atoms with Gasteiger partial charge in [0.25, 0.3) is 5.69 Å². The number of carbonyl (C=O) groups is 2. The van der Waals surface area contributed by atoms with Gasteiger partial charge in [0.2, 0.25) is 5.91 Å². The number of hydrogen-bond donors (Lipinski definition) is 1. The Morgan fingerprint density at radius 1 is 1.15 bits per heavy atom. The maximum atomic E-state index is 12.7. The molecular formula is C24H27ClN4O5. The standard InChI is InChI=1S/C24H27ClN4O5/c1-3-27-11-13-28(14-12-27)21-9-7-18(24(31)34-4-2)16-20(21)26-23(30)10-6-17-5-8-19(25)22(15-17)29(32)33/h5-10,15-16H,3-4,11-14H2,1-2H3,(H,26,30)/b10-6+.